The molecule has 1 rings (SSSR count). The Labute approximate surface area is 84.1 Å². The predicted octanol–water partition coefficient (Wildman–Crippen LogP) is 0.191. The van der Waals surface area contributed by atoms with E-state index in [9.17, 15) is 4.79 Å². The molecule has 1 aliphatic rings. The molecule has 2 N–H and O–H groups in total. The molecule has 2 atom stereocenters. The van der Waals surface area contributed by atoms with Gasteiger partial charge < -0.3 is 20.1 Å². The minimum absolute atomic E-state index is 0.0294. The van der Waals surface area contributed by atoms with Crippen molar-refractivity contribution in [1.29, 1.82) is 0 Å². The van der Waals surface area contributed by atoms with Crippen LogP contribution in [0.3, 0.4) is 0 Å². The lowest BCUT2D eigenvalue weighted by Crippen LogP contribution is -2.51. The van der Waals surface area contributed by atoms with E-state index in [1.807, 2.05) is 6.92 Å². The molecule has 1 amide bonds. The molecule has 1 aliphatic heterocycles. The number of carbonyl (C=O) groups excluding carboxylic acids is 1. The molecule has 0 aliphatic carbocycles. The lowest BCUT2D eigenvalue weighted by molar-refractivity contribution is -0.0672. The first kappa shape index (κ1) is 11.3. The highest BCUT2D eigenvalue weighted by molar-refractivity contribution is 5.67. The monoisotopic (exact) mass is 202 g/mol. The molecule has 0 radical (unpaired) electrons. The Hall–Kier alpha value is -0.810. The summed E-state index contributed by atoms with van der Waals surface area (Å²) in [5.41, 5.74) is 5.50. The van der Waals surface area contributed by atoms with E-state index in [1.165, 1.54) is 0 Å². The van der Waals surface area contributed by atoms with Gasteiger partial charge in [0.2, 0.25) is 0 Å². The van der Waals surface area contributed by atoms with E-state index in [-0.39, 0.29) is 18.3 Å². The molecular weight excluding hydrogens is 184 g/mol. The maximum Gasteiger partial charge on any atom is 0.409 e. The quantitative estimate of drug-likeness (QED) is 0.694. The first-order valence-corrected chi connectivity index (χ1v) is 4.94. The summed E-state index contributed by atoms with van der Waals surface area (Å²) in [4.78, 5) is 13.1. The van der Waals surface area contributed by atoms with E-state index in [1.54, 1.807) is 11.8 Å². The van der Waals surface area contributed by atoms with Crippen LogP contribution in [0.4, 0.5) is 4.79 Å². The zero-order valence-electron chi connectivity index (χ0n) is 8.73. The second-order valence-electron chi connectivity index (χ2n) is 3.41. The number of hydrogen-bond acceptors (Lipinski definition) is 4. The van der Waals surface area contributed by atoms with Gasteiger partial charge in [-0.1, -0.05) is 0 Å². The molecule has 1 heterocycles. The van der Waals surface area contributed by atoms with Gasteiger partial charge in [0.1, 0.15) is 0 Å². The van der Waals surface area contributed by atoms with Crippen LogP contribution in [0, 0.1) is 0 Å². The van der Waals surface area contributed by atoms with Gasteiger partial charge in [0.25, 0.3) is 0 Å². The van der Waals surface area contributed by atoms with Crippen LogP contribution in [0.1, 0.15) is 13.8 Å². The number of hydrogen-bond donors (Lipinski definition) is 1. The van der Waals surface area contributed by atoms with Gasteiger partial charge >= 0.3 is 6.09 Å². The van der Waals surface area contributed by atoms with Gasteiger partial charge in [0.15, 0.2) is 0 Å². The van der Waals surface area contributed by atoms with Gasteiger partial charge in [0.05, 0.1) is 31.9 Å². The maximum atomic E-state index is 11.4. The van der Waals surface area contributed by atoms with Crippen LogP contribution >= 0.6 is 0 Å². The molecule has 0 aromatic carbocycles. The number of rotatable bonds is 2. The number of amides is 1. The van der Waals surface area contributed by atoms with Gasteiger partial charge in [-0.15, -0.1) is 0 Å². The summed E-state index contributed by atoms with van der Waals surface area (Å²) in [6.45, 7) is 5.66. The smallest absolute Gasteiger partial charge is 0.409 e. The summed E-state index contributed by atoms with van der Waals surface area (Å²) in [6.07, 6.45) is -0.314. The van der Waals surface area contributed by atoms with Crippen molar-refractivity contribution in [2.24, 2.45) is 5.73 Å². The van der Waals surface area contributed by atoms with Crippen LogP contribution < -0.4 is 5.73 Å². The average molecular weight is 202 g/mol. The lowest BCUT2D eigenvalue weighted by atomic mass is 10.2. The predicted molar refractivity (Wildman–Crippen MR) is 52.0 cm³/mol. The van der Waals surface area contributed by atoms with Gasteiger partial charge in [-0.05, 0) is 13.8 Å². The first-order valence-electron chi connectivity index (χ1n) is 4.94. The molecule has 82 valence electrons. The molecule has 14 heavy (non-hydrogen) atoms. The highest BCUT2D eigenvalue weighted by Crippen LogP contribution is 2.11. The van der Waals surface area contributed by atoms with Gasteiger partial charge in [-0.3, -0.25) is 0 Å². The van der Waals surface area contributed by atoms with E-state index in [4.69, 9.17) is 15.2 Å². The third-order valence-electron chi connectivity index (χ3n) is 2.12. The fraction of sp³-hybridized carbons (Fsp3) is 0.889. The Kier molecular flexibility index (Phi) is 4.16. The van der Waals surface area contributed by atoms with Gasteiger partial charge in [-0.25, -0.2) is 4.79 Å². The first-order chi connectivity index (χ1) is 6.67. The largest absolute Gasteiger partial charge is 0.450 e. The second-order valence-corrected chi connectivity index (χ2v) is 3.41. The van der Waals surface area contributed by atoms with Crippen LogP contribution in [-0.2, 0) is 9.47 Å². The Bertz CT molecular complexity index is 198. The van der Waals surface area contributed by atoms with Crippen LogP contribution in [-0.4, -0.2) is 49.4 Å². The summed E-state index contributed by atoms with van der Waals surface area (Å²) in [5, 5.41) is 0. The minimum Gasteiger partial charge on any atom is -0.450 e. The van der Waals surface area contributed by atoms with Crippen molar-refractivity contribution in [3.8, 4) is 0 Å². The molecule has 0 aromatic rings. The van der Waals surface area contributed by atoms with E-state index in [0.29, 0.717) is 26.2 Å². The molecule has 2 unspecified atom stereocenters. The highest BCUT2D eigenvalue weighted by atomic mass is 16.6. The number of ether oxygens (including phenoxy) is 2. The molecule has 0 spiro atoms. The molecule has 0 aromatic heterocycles. The van der Waals surface area contributed by atoms with Crippen LogP contribution in [0.15, 0.2) is 0 Å². The van der Waals surface area contributed by atoms with E-state index in [0.717, 1.165) is 0 Å². The van der Waals surface area contributed by atoms with Crippen molar-refractivity contribution in [3.63, 3.8) is 0 Å². The third kappa shape index (κ3) is 2.85. The Morgan fingerprint density at radius 2 is 2.36 bits per heavy atom. The molecular formula is C9H18N2O3. The molecule has 5 nitrogen and oxygen atoms in total. The normalized spacial score (nSPS) is 27.5. The number of nitrogens with zero attached hydrogens (tertiary/aromatic N) is 1. The van der Waals surface area contributed by atoms with Crippen LogP contribution in [0.5, 0.6) is 0 Å². The zero-order valence-corrected chi connectivity index (χ0v) is 8.73. The summed E-state index contributed by atoms with van der Waals surface area (Å²) in [5.74, 6) is 0. The summed E-state index contributed by atoms with van der Waals surface area (Å²) in [7, 11) is 0. The number of carbonyl (C=O) groups is 1. The molecule has 0 bridgehead atoms. The zero-order chi connectivity index (χ0) is 10.6. The van der Waals surface area contributed by atoms with E-state index >= 15 is 0 Å². The SMILES string of the molecule is CCOC(=O)N1CC(C)OC(CN)C1. The number of nitrogens with two attached hydrogens (primary N) is 1. The third-order valence-corrected chi connectivity index (χ3v) is 2.12. The van der Waals surface area contributed by atoms with Gasteiger partial charge in [-0.2, -0.15) is 0 Å². The highest BCUT2D eigenvalue weighted by Gasteiger charge is 2.28. The van der Waals surface area contributed by atoms with Crippen LogP contribution in [0.25, 0.3) is 0 Å². The molecule has 0 saturated carbocycles. The average Bonchev–Trinajstić information content (AvgIpc) is 2.17. The van der Waals surface area contributed by atoms with Crippen molar-refractivity contribution in [1.82, 2.24) is 4.90 Å². The summed E-state index contributed by atoms with van der Waals surface area (Å²) >= 11 is 0. The lowest BCUT2D eigenvalue weighted by Gasteiger charge is -2.35. The van der Waals surface area contributed by atoms with Crippen molar-refractivity contribution >= 4 is 6.09 Å². The van der Waals surface area contributed by atoms with Crippen molar-refractivity contribution in [2.45, 2.75) is 26.1 Å². The van der Waals surface area contributed by atoms with Crippen molar-refractivity contribution in [3.05, 3.63) is 0 Å². The molecule has 1 fully saturated rings. The minimum atomic E-state index is -0.277. The Morgan fingerprint density at radius 3 is 2.93 bits per heavy atom. The Morgan fingerprint density at radius 1 is 1.64 bits per heavy atom. The Balaban J connectivity index is 2.48. The topological polar surface area (TPSA) is 64.8 Å². The van der Waals surface area contributed by atoms with Crippen molar-refractivity contribution in [2.75, 3.05) is 26.2 Å². The van der Waals surface area contributed by atoms with Crippen molar-refractivity contribution < 1.29 is 14.3 Å². The standard InChI is InChI=1S/C9H18N2O3/c1-3-13-9(12)11-5-7(2)14-8(4-10)6-11/h7-8H,3-6,10H2,1-2H3. The van der Waals surface area contributed by atoms with E-state index < -0.39 is 0 Å². The number of morpholine rings is 1. The maximum absolute atomic E-state index is 11.4. The summed E-state index contributed by atoms with van der Waals surface area (Å²) < 4.78 is 10.4. The van der Waals surface area contributed by atoms with Crippen LogP contribution in [0.2, 0.25) is 0 Å². The van der Waals surface area contributed by atoms with Gasteiger partial charge in [0, 0.05) is 6.54 Å². The fourth-order valence-electron chi connectivity index (χ4n) is 1.54. The fourth-order valence-corrected chi connectivity index (χ4v) is 1.54. The van der Waals surface area contributed by atoms with E-state index in [2.05, 4.69) is 0 Å². The summed E-state index contributed by atoms with van der Waals surface area (Å²) in [6, 6.07) is 0. The second kappa shape index (κ2) is 5.17. The molecule has 1 saturated heterocycles. The molecule has 5 heteroatoms.